The van der Waals surface area contributed by atoms with Gasteiger partial charge in [0.25, 0.3) is 0 Å². The van der Waals surface area contributed by atoms with E-state index in [1.54, 1.807) is 0 Å². The Morgan fingerprint density at radius 1 is 1.43 bits per heavy atom. The molecule has 0 unspecified atom stereocenters. The van der Waals surface area contributed by atoms with E-state index in [1.165, 1.54) is 19.3 Å². The first-order valence-corrected chi connectivity index (χ1v) is 5.43. The van der Waals surface area contributed by atoms with E-state index in [-0.39, 0.29) is 0 Å². The molecule has 0 aromatic rings. The molecule has 0 aromatic carbocycles. The molecule has 0 aromatic heterocycles. The molecule has 0 amide bonds. The number of hydrogen-bond acceptors (Lipinski definition) is 2. The molecule has 1 aliphatic rings. The van der Waals surface area contributed by atoms with E-state index in [2.05, 4.69) is 28.8 Å². The van der Waals surface area contributed by atoms with Gasteiger partial charge in [0.05, 0.1) is 0 Å². The van der Waals surface area contributed by atoms with Crippen LogP contribution in [0.3, 0.4) is 0 Å². The van der Waals surface area contributed by atoms with Crippen LogP contribution in [0.15, 0.2) is 5.11 Å². The lowest BCUT2D eigenvalue weighted by atomic mass is 9.78. The molecule has 0 atom stereocenters. The summed E-state index contributed by atoms with van der Waals surface area (Å²) < 4.78 is 0. The summed E-state index contributed by atoms with van der Waals surface area (Å²) in [5.74, 6) is 0. The monoisotopic (exact) mass is 196 g/mol. The number of likely N-dealkylation sites (tertiary alicyclic amines) is 1. The second kappa shape index (κ2) is 5.23. The van der Waals surface area contributed by atoms with E-state index in [0.717, 1.165) is 19.6 Å². The highest BCUT2D eigenvalue weighted by Gasteiger charge is 2.27. The van der Waals surface area contributed by atoms with Crippen LogP contribution >= 0.6 is 0 Å². The second-order valence-corrected chi connectivity index (χ2v) is 4.46. The summed E-state index contributed by atoms with van der Waals surface area (Å²) in [4.78, 5) is 5.16. The summed E-state index contributed by atoms with van der Waals surface area (Å²) in [7, 11) is 0. The van der Waals surface area contributed by atoms with Gasteiger partial charge in [-0.1, -0.05) is 25.4 Å². The zero-order valence-electron chi connectivity index (χ0n) is 9.24. The lowest BCUT2D eigenvalue weighted by Crippen LogP contribution is -2.39. The molecule has 1 fully saturated rings. The molecule has 1 heterocycles. The van der Waals surface area contributed by atoms with Gasteiger partial charge in [0.2, 0.25) is 0 Å². The van der Waals surface area contributed by atoms with Gasteiger partial charge in [0.15, 0.2) is 0 Å². The fourth-order valence-electron chi connectivity index (χ4n) is 1.90. The van der Waals surface area contributed by atoms with E-state index >= 15 is 0 Å². The van der Waals surface area contributed by atoms with Crippen molar-refractivity contribution in [3.8, 4) is 0 Å². The smallest absolute Gasteiger partial charge is 0.0385 e. The Labute approximate surface area is 85.9 Å². The fourth-order valence-corrected chi connectivity index (χ4v) is 1.90. The van der Waals surface area contributed by atoms with E-state index in [9.17, 15) is 0 Å². The first-order chi connectivity index (χ1) is 6.70. The van der Waals surface area contributed by atoms with Gasteiger partial charge in [-0.2, -0.15) is 0 Å². The molecule has 0 spiro atoms. The van der Waals surface area contributed by atoms with Crippen LogP contribution in [0.4, 0.5) is 0 Å². The van der Waals surface area contributed by atoms with Gasteiger partial charge in [-0.15, -0.1) is 0 Å². The van der Waals surface area contributed by atoms with E-state index in [0.29, 0.717) is 12.0 Å². The Morgan fingerprint density at radius 3 is 2.57 bits per heavy atom. The summed E-state index contributed by atoms with van der Waals surface area (Å²) in [6.07, 6.45) is 3.83. The number of azide groups is 1. The lowest BCUT2D eigenvalue weighted by Gasteiger charge is -2.38. The predicted molar refractivity (Wildman–Crippen MR) is 58.1 cm³/mol. The molecule has 0 N–H and O–H groups in total. The summed E-state index contributed by atoms with van der Waals surface area (Å²) >= 11 is 0. The average Bonchev–Trinajstić information content (AvgIpc) is 2.22. The SMILES string of the molecule is CCC1(C)CCN(CCN=[N+]=[N-])CC1. The van der Waals surface area contributed by atoms with E-state index < -0.39 is 0 Å². The van der Waals surface area contributed by atoms with Crippen molar-refractivity contribution in [2.45, 2.75) is 33.1 Å². The number of piperidine rings is 1. The highest BCUT2D eigenvalue weighted by molar-refractivity contribution is 4.81. The molecular weight excluding hydrogens is 176 g/mol. The highest BCUT2D eigenvalue weighted by atomic mass is 15.2. The summed E-state index contributed by atoms with van der Waals surface area (Å²) in [6.45, 7) is 8.49. The molecule has 1 rings (SSSR count). The summed E-state index contributed by atoms with van der Waals surface area (Å²) in [5, 5.41) is 3.56. The Hall–Kier alpha value is -0.730. The van der Waals surface area contributed by atoms with Gasteiger partial charge in [-0.25, -0.2) is 0 Å². The van der Waals surface area contributed by atoms with Crippen LogP contribution < -0.4 is 0 Å². The van der Waals surface area contributed by atoms with Gasteiger partial charge in [-0.3, -0.25) is 0 Å². The third-order valence-corrected chi connectivity index (χ3v) is 3.50. The first kappa shape index (κ1) is 11.3. The predicted octanol–water partition coefficient (Wildman–Crippen LogP) is 2.81. The molecule has 4 heteroatoms. The molecule has 0 radical (unpaired) electrons. The van der Waals surface area contributed by atoms with Crippen molar-refractivity contribution in [1.82, 2.24) is 4.90 Å². The maximum absolute atomic E-state index is 8.16. The minimum absolute atomic E-state index is 0.551. The van der Waals surface area contributed by atoms with E-state index in [4.69, 9.17) is 5.53 Å². The molecular formula is C10H20N4. The quantitative estimate of drug-likeness (QED) is 0.387. The van der Waals surface area contributed by atoms with Crippen molar-refractivity contribution < 1.29 is 0 Å². The standard InChI is InChI=1S/C10H20N4/c1-3-10(2)4-7-14(8-5-10)9-6-12-13-11/h3-9H2,1-2H3. The molecule has 1 aliphatic heterocycles. The zero-order valence-corrected chi connectivity index (χ0v) is 9.24. The lowest BCUT2D eigenvalue weighted by molar-refractivity contribution is 0.117. The Bertz CT molecular complexity index is 212. The molecule has 80 valence electrons. The normalized spacial score (nSPS) is 21.6. The van der Waals surface area contributed by atoms with Crippen molar-refractivity contribution >= 4 is 0 Å². The van der Waals surface area contributed by atoms with Crippen LogP contribution in [0.2, 0.25) is 0 Å². The molecule has 0 bridgehead atoms. The van der Waals surface area contributed by atoms with Crippen molar-refractivity contribution in [3.63, 3.8) is 0 Å². The van der Waals surface area contributed by atoms with E-state index in [1.807, 2.05) is 0 Å². The Balaban J connectivity index is 2.25. The minimum atomic E-state index is 0.551. The van der Waals surface area contributed by atoms with Crippen molar-refractivity contribution in [3.05, 3.63) is 10.4 Å². The second-order valence-electron chi connectivity index (χ2n) is 4.46. The summed E-state index contributed by atoms with van der Waals surface area (Å²) in [5.41, 5.74) is 8.71. The largest absolute Gasteiger partial charge is 0.303 e. The number of rotatable bonds is 4. The van der Waals surface area contributed by atoms with Crippen LogP contribution in [0.25, 0.3) is 10.4 Å². The third kappa shape index (κ3) is 3.20. The van der Waals surface area contributed by atoms with Crippen molar-refractivity contribution in [2.24, 2.45) is 10.5 Å². The van der Waals surface area contributed by atoms with Gasteiger partial charge < -0.3 is 4.90 Å². The van der Waals surface area contributed by atoms with Gasteiger partial charge in [0, 0.05) is 18.0 Å². The van der Waals surface area contributed by atoms with Gasteiger partial charge >= 0.3 is 0 Å². The first-order valence-electron chi connectivity index (χ1n) is 5.43. The van der Waals surface area contributed by atoms with Crippen LogP contribution in [0.1, 0.15) is 33.1 Å². The number of nitrogens with zero attached hydrogens (tertiary/aromatic N) is 4. The van der Waals surface area contributed by atoms with Crippen LogP contribution in [0.5, 0.6) is 0 Å². The maximum Gasteiger partial charge on any atom is 0.0385 e. The van der Waals surface area contributed by atoms with Gasteiger partial charge in [-0.05, 0) is 36.9 Å². The van der Waals surface area contributed by atoms with Crippen LogP contribution in [0, 0.1) is 5.41 Å². The third-order valence-electron chi connectivity index (χ3n) is 3.50. The fraction of sp³-hybridized carbons (Fsp3) is 1.00. The van der Waals surface area contributed by atoms with Crippen molar-refractivity contribution in [2.75, 3.05) is 26.2 Å². The Kier molecular flexibility index (Phi) is 4.23. The zero-order chi connectivity index (χ0) is 10.4. The highest BCUT2D eigenvalue weighted by Crippen LogP contribution is 2.33. The van der Waals surface area contributed by atoms with Gasteiger partial charge in [0.1, 0.15) is 0 Å². The minimum Gasteiger partial charge on any atom is -0.303 e. The van der Waals surface area contributed by atoms with Crippen molar-refractivity contribution in [1.29, 1.82) is 0 Å². The molecule has 0 saturated carbocycles. The topological polar surface area (TPSA) is 52.0 Å². The average molecular weight is 196 g/mol. The maximum atomic E-state index is 8.16. The number of hydrogen-bond donors (Lipinski definition) is 0. The molecule has 4 nitrogen and oxygen atoms in total. The summed E-state index contributed by atoms with van der Waals surface area (Å²) in [6, 6.07) is 0. The molecule has 0 aliphatic carbocycles. The van der Waals surface area contributed by atoms with Crippen LogP contribution in [-0.2, 0) is 0 Å². The molecule has 14 heavy (non-hydrogen) atoms. The Morgan fingerprint density at radius 2 is 2.07 bits per heavy atom. The van der Waals surface area contributed by atoms with Crippen LogP contribution in [-0.4, -0.2) is 31.1 Å². The molecule has 1 saturated heterocycles.